The van der Waals surface area contributed by atoms with E-state index in [1.807, 2.05) is 24.4 Å². The third kappa shape index (κ3) is 3.78. The lowest BCUT2D eigenvalue weighted by Crippen LogP contribution is -2.35. The molecule has 1 saturated heterocycles. The van der Waals surface area contributed by atoms with Crippen molar-refractivity contribution in [1.29, 1.82) is 0 Å². The van der Waals surface area contributed by atoms with Gasteiger partial charge in [0.15, 0.2) is 11.5 Å². The molecule has 0 radical (unpaired) electrons. The van der Waals surface area contributed by atoms with Gasteiger partial charge in [0.1, 0.15) is 19.0 Å². The van der Waals surface area contributed by atoms with Gasteiger partial charge < -0.3 is 25.3 Å². The molecule has 0 spiro atoms. The van der Waals surface area contributed by atoms with Crippen molar-refractivity contribution in [3.8, 4) is 22.8 Å². The summed E-state index contributed by atoms with van der Waals surface area (Å²) in [7, 11) is 0. The van der Waals surface area contributed by atoms with Gasteiger partial charge in [0.25, 0.3) is 0 Å². The molecule has 0 amide bonds. The molecule has 2 aliphatic rings. The summed E-state index contributed by atoms with van der Waals surface area (Å²) in [6.45, 7) is 4.45. The molecule has 1 aromatic carbocycles. The predicted molar refractivity (Wildman–Crippen MR) is 111 cm³/mol. The van der Waals surface area contributed by atoms with E-state index in [0.717, 1.165) is 59.0 Å². The van der Waals surface area contributed by atoms with Crippen molar-refractivity contribution in [2.24, 2.45) is 0 Å². The molecule has 4 N–H and O–H groups in total. The number of piperidine rings is 1. The fraction of sp³-hybridized carbons (Fsp3) is 0.400. The molecular weight excluding hydrogens is 380 g/mol. The third-order valence-corrected chi connectivity index (χ3v) is 5.23. The van der Waals surface area contributed by atoms with Crippen LogP contribution in [0.25, 0.3) is 22.3 Å². The summed E-state index contributed by atoms with van der Waals surface area (Å²) in [4.78, 5) is 12.9. The highest BCUT2D eigenvalue weighted by atomic mass is 35.5. The van der Waals surface area contributed by atoms with Crippen molar-refractivity contribution in [2.75, 3.05) is 19.8 Å². The molecule has 5 rings (SSSR count). The van der Waals surface area contributed by atoms with Crippen molar-refractivity contribution in [3.05, 3.63) is 36.3 Å². The van der Waals surface area contributed by atoms with E-state index in [0.29, 0.717) is 25.2 Å². The molecule has 8 heteroatoms. The lowest BCUT2D eigenvalue weighted by atomic mass is 9.92. The van der Waals surface area contributed by atoms with E-state index in [4.69, 9.17) is 14.5 Å². The zero-order valence-electron chi connectivity index (χ0n) is 15.7. The van der Waals surface area contributed by atoms with Gasteiger partial charge in [-0.1, -0.05) is 0 Å². The van der Waals surface area contributed by atoms with Gasteiger partial charge in [-0.3, -0.25) is 0 Å². The third-order valence-electron chi connectivity index (χ3n) is 5.23. The van der Waals surface area contributed by atoms with Gasteiger partial charge in [0.05, 0.1) is 17.2 Å². The molecule has 0 aliphatic carbocycles. The highest BCUT2D eigenvalue weighted by molar-refractivity contribution is 5.85. The Balaban J connectivity index is 0.00000112. The predicted octanol–water partition coefficient (Wildman–Crippen LogP) is 2.85. The standard InChI is InChI=1S/C20H22N4O2.ClH.H2O/c1-12-8-14(4-5-21-12)20-22-11-17-16(24-20)10-15(23-17)13-2-3-18-19(9-13)26-7-6-25-18;;/h2-3,9-12,14,21,23H,4-8H2,1H3;1H;1H2. The normalized spacial score (nSPS) is 20.9. The molecule has 2 aliphatic heterocycles. The SMILES string of the molecule is CC1CC(c2ncc3[nH]c(-c4ccc5c(c4)OCCO5)cc3n2)CCN1.Cl.O. The van der Waals surface area contributed by atoms with E-state index in [1.165, 1.54) is 0 Å². The fourth-order valence-electron chi connectivity index (χ4n) is 3.86. The van der Waals surface area contributed by atoms with Crippen molar-refractivity contribution in [3.63, 3.8) is 0 Å². The molecule has 2 aromatic heterocycles. The first-order chi connectivity index (χ1) is 12.8. The highest BCUT2D eigenvalue weighted by Gasteiger charge is 2.22. The Morgan fingerprint density at radius 1 is 1.11 bits per heavy atom. The summed E-state index contributed by atoms with van der Waals surface area (Å²) in [5.74, 6) is 2.99. The number of aromatic amines is 1. The Hall–Kier alpha value is -2.35. The number of fused-ring (bicyclic) bond motifs is 2. The van der Waals surface area contributed by atoms with Crippen LogP contribution in [0.15, 0.2) is 30.5 Å². The molecule has 3 aromatic rings. The lowest BCUT2D eigenvalue weighted by Gasteiger charge is -2.26. The average molecular weight is 405 g/mol. The minimum Gasteiger partial charge on any atom is -0.486 e. The average Bonchev–Trinajstić information content (AvgIpc) is 3.11. The van der Waals surface area contributed by atoms with Crippen LogP contribution in [0.4, 0.5) is 0 Å². The zero-order chi connectivity index (χ0) is 17.5. The van der Waals surface area contributed by atoms with Crippen LogP contribution in [-0.4, -0.2) is 46.2 Å². The van der Waals surface area contributed by atoms with Crippen LogP contribution in [-0.2, 0) is 0 Å². The molecule has 2 atom stereocenters. The molecule has 2 unspecified atom stereocenters. The summed E-state index contributed by atoms with van der Waals surface area (Å²) < 4.78 is 11.3. The number of benzene rings is 1. The largest absolute Gasteiger partial charge is 0.486 e. The number of halogens is 1. The van der Waals surface area contributed by atoms with E-state index in [-0.39, 0.29) is 17.9 Å². The van der Waals surface area contributed by atoms with E-state index < -0.39 is 0 Å². The monoisotopic (exact) mass is 404 g/mol. The second-order valence-corrected chi connectivity index (χ2v) is 7.15. The first-order valence-corrected chi connectivity index (χ1v) is 9.25. The van der Waals surface area contributed by atoms with Crippen LogP contribution >= 0.6 is 12.4 Å². The Labute approximate surface area is 169 Å². The van der Waals surface area contributed by atoms with Crippen LogP contribution in [0, 0.1) is 0 Å². The smallest absolute Gasteiger partial charge is 0.162 e. The van der Waals surface area contributed by atoms with Crippen molar-refractivity contribution < 1.29 is 14.9 Å². The molecule has 0 bridgehead atoms. The van der Waals surface area contributed by atoms with Crippen LogP contribution in [0.1, 0.15) is 31.5 Å². The number of hydrogen-bond donors (Lipinski definition) is 2. The van der Waals surface area contributed by atoms with Gasteiger partial charge in [-0.05, 0) is 50.6 Å². The minimum absolute atomic E-state index is 0. The molecule has 1 fully saturated rings. The molecule has 0 saturated carbocycles. The van der Waals surface area contributed by atoms with Gasteiger partial charge in [0.2, 0.25) is 0 Å². The van der Waals surface area contributed by atoms with Crippen LogP contribution in [0.5, 0.6) is 11.5 Å². The maximum absolute atomic E-state index is 5.70. The topological polar surface area (TPSA) is 104 Å². The van der Waals surface area contributed by atoms with Crippen LogP contribution in [0.2, 0.25) is 0 Å². The summed E-state index contributed by atoms with van der Waals surface area (Å²) >= 11 is 0. The van der Waals surface area contributed by atoms with Gasteiger partial charge in [-0.15, -0.1) is 12.4 Å². The van der Waals surface area contributed by atoms with Crippen molar-refractivity contribution >= 4 is 23.4 Å². The Morgan fingerprint density at radius 3 is 2.75 bits per heavy atom. The molecule has 28 heavy (non-hydrogen) atoms. The summed E-state index contributed by atoms with van der Waals surface area (Å²) in [6.07, 6.45) is 4.09. The van der Waals surface area contributed by atoms with Gasteiger partial charge >= 0.3 is 0 Å². The van der Waals surface area contributed by atoms with Crippen molar-refractivity contribution in [2.45, 2.75) is 31.7 Å². The number of aromatic nitrogens is 3. The first kappa shape index (κ1) is 20.4. The van der Waals surface area contributed by atoms with E-state index in [9.17, 15) is 0 Å². The molecule has 150 valence electrons. The van der Waals surface area contributed by atoms with Crippen LogP contribution in [0.3, 0.4) is 0 Å². The first-order valence-electron chi connectivity index (χ1n) is 9.25. The van der Waals surface area contributed by atoms with Gasteiger partial charge in [-0.25, -0.2) is 9.97 Å². The molecule has 4 heterocycles. The van der Waals surface area contributed by atoms with Crippen LogP contribution < -0.4 is 14.8 Å². The Morgan fingerprint density at radius 2 is 1.93 bits per heavy atom. The Bertz CT molecular complexity index is 962. The number of nitrogens with zero attached hydrogens (tertiary/aromatic N) is 2. The van der Waals surface area contributed by atoms with Crippen molar-refractivity contribution in [1.82, 2.24) is 20.3 Å². The molecule has 7 nitrogen and oxygen atoms in total. The second kappa shape index (κ2) is 8.34. The van der Waals surface area contributed by atoms with E-state index in [1.54, 1.807) is 0 Å². The maximum Gasteiger partial charge on any atom is 0.162 e. The van der Waals surface area contributed by atoms with Gasteiger partial charge in [-0.2, -0.15) is 0 Å². The lowest BCUT2D eigenvalue weighted by molar-refractivity contribution is 0.171. The van der Waals surface area contributed by atoms with E-state index in [2.05, 4.69) is 28.3 Å². The maximum atomic E-state index is 5.70. The van der Waals surface area contributed by atoms with E-state index >= 15 is 0 Å². The summed E-state index contributed by atoms with van der Waals surface area (Å²) in [5.41, 5.74) is 4.00. The number of hydrogen-bond acceptors (Lipinski definition) is 5. The molecular formula is C20H25ClN4O3. The summed E-state index contributed by atoms with van der Waals surface area (Å²) in [5, 5.41) is 3.49. The zero-order valence-corrected chi connectivity index (χ0v) is 16.5. The number of ether oxygens (including phenoxy) is 2. The number of rotatable bonds is 2. The summed E-state index contributed by atoms with van der Waals surface area (Å²) in [6, 6.07) is 8.63. The minimum atomic E-state index is 0. The Kier molecular flexibility index (Phi) is 6.07. The quantitative estimate of drug-likeness (QED) is 0.683. The number of H-pyrrole nitrogens is 1. The highest BCUT2D eigenvalue weighted by Crippen LogP contribution is 2.35. The van der Waals surface area contributed by atoms with Gasteiger partial charge in [0, 0.05) is 23.2 Å². The second-order valence-electron chi connectivity index (χ2n) is 7.15. The number of nitrogens with one attached hydrogen (secondary N) is 2. The fourth-order valence-corrected chi connectivity index (χ4v) is 3.86.